The smallest absolute Gasteiger partial charge is 0.409 e. The Labute approximate surface area is 181 Å². The van der Waals surface area contributed by atoms with Crippen LogP contribution in [0.2, 0.25) is 5.02 Å². The van der Waals surface area contributed by atoms with Gasteiger partial charge in [0, 0.05) is 23.3 Å². The van der Waals surface area contributed by atoms with Crippen molar-refractivity contribution in [3.8, 4) is 28.6 Å². The van der Waals surface area contributed by atoms with E-state index in [9.17, 15) is 9.90 Å². The molecule has 0 saturated heterocycles. The number of aromatic amines is 1. The number of aliphatic hydroxyl groups excluding tert-OH is 1. The van der Waals surface area contributed by atoms with E-state index in [4.69, 9.17) is 31.5 Å². The van der Waals surface area contributed by atoms with E-state index in [-0.39, 0.29) is 6.79 Å². The molecule has 0 spiro atoms. The lowest BCUT2D eigenvalue weighted by Gasteiger charge is -2.14. The van der Waals surface area contributed by atoms with Crippen molar-refractivity contribution in [1.82, 2.24) is 9.97 Å². The number of aliphatic hydroxyl groups is 1. The van der Waals surface area contributed by atoms with E-state index in [0.717, 1.165) is 5.56 Å². The fourth-order valence-electron chi connectivity index (χ4n) is 3.45. The molecule has 0 fully saturated rings. The number of halogens is 1. The van der Waals surface area contributed by atoms with E-state index in [1.54, 1.807) is 42.5 Å². The van der Waals surface area contributed by atoms with Crippen LogP contribution in [0.3, 0.4) is 0 Å². The summed E-state index contributed by atoms with van der Waals surface area (Å²) in [5.41, 5.74) is 8.48. The summed E-state index contributed by atoms with van der Waals surface area (Å²) in [6, 6.07) is 15.6. The number of benzene rings is 3. The number of imidazole rings is 1. The first kappa shape index (κ1) is 19.2. The van der Waals surface area contributed by atoms with E-state index in [1.165, 1.54) is 0 Å². The molecule has 8 nitrogen and oxygen atoms in total. The van der Waals surface area contributed by atoms with Gasteiger partial charge in [-0.15, -0.1) is 0 Å². The van der Waals surface area contributed by atoms with Gasteiger partial charge in [-0.1, -0.05) is 35.9 Å². The summed E-state index contributed by atoms with van der Waals surface area (Å²) in [5.74, 6) is 2.07. The Bertz CT molecular complexity index is 1300. The van der Waals surface area contributed by atoms with Gasteiger partial charge in [0.15, 0.2) is 11.5 Å². The summed E-state index contributed by atoms with van der Waals surface area (Å²) in [4.78, 5) is 18.7. The number of primary amides is 1. The normalized spacial score (nSPS) is 13.4. The minimum atomic E-state index is -0.930. The second-order valence-corrected chi connectivity index (χ2v) is 7.34. The number of nitrogens with zero attached hydrogens (tertiary/aromatic N) is 1. The molecule has 1 amide bonds. The molecule has 5 rings (SSSR count). The lowest BCUT2D eigenvalue weighted by atomic mass is 9.99. The van der Waals surface area contributed by atoms with Crippen LogP contribution in [0.5, 0.6) is 17.2 Å². The molecular formula is C22H16ClN3O5. The fourth-order valence-corrected chi connectivity index (χ4v) is 3.71. The van der Waals surface area contributed by atoms with Crippen molar-refractivity contribution in [3.05, 3.63) is 70.7 Å². The molecule has 31 heavy (non-hydrogen) atoms. The Morgan fingerprint density at radius 1 is 1.13 bits per heavy atom. The first-order valence-corrected chi connectivity index (χ1v) is 9.70. The Hall–Kier alpha value is -3.75. The third-order valence-electron chi connectivity index (χ3n) is 4.96. The van der Waals surface area contributed by atoms with Gasteiger partial charge in [0.1, 0.15) is 17.7 Å². The zero-order valence-corrected chi connectivity index (χ0v) is 16.7. The van der Waals surface area contributed by atoms with Gasteiger partial charge in [-0.3, -0.25) is 0 Å². The number of hydrogen-bond donors (Lipinski definition) is 3. The number of amides is 1. The topological polar surface area (TPSA) is 120 Å². The maximum absolute atomic E-state index is 10.9. The number of ether oxygens (including phenoxy) is 3. The third-order valence-corrected chi connectivity index (χ3v) is 5.29. The van der Waals surface area contributed by atoms with Crippen molar-refractivity contribution in [2.75, 3.05) is 6.79 Å². The Morgan fingerprint density at radius 2 is 1.87 bits per heavy atom. The molecule has 156 valence electrons. The first-order valence-electron chi connectivity index (χ1n) is 9.32. The SMILES string of the molecule is NC(=O)Oc1ccc2nc(-c3ccc(C(O)c4cc5c(cc4Cl)OCO5)cc3)[nH]c2c1. The molecule has 1 aliphatic heterocycles. The molecule has 1 aromatic heterocycles. The first-order chi connectivity index (χ1) is 15.0. The third kappa shape index (κ3) is 3.63. The molecule has 0 bridgehead atoms. The highest BCUT2D eigenvalue weighted by molar-refractivity contribution is 6.31. The standard InChI is InChI=1S/C22H16ClN3O5/c23-15-9-19-18(29-10-30-19)8-14(15)20(27)11-1-3-12(4-2-11)21-25-16-6-5-13(31-22(24)28)7-17(16)26-21/h1-9,20,27H,10H2,(H2,24,28)(H,25,26). The lowest BCUT2D eigenvalue weighted by Crippen LogP contribution is -2.16. The van der Waals surface area contributed by atoms with E-state index >= 15 is 0 Å². The van der Waals surface area contributed by atoms with Crippen molar-refractivity contribution in [1.29, 1.82) is 0 Å². The number of carbonyl (C=O) groups is 1. The van der Waals surface area contributed by atoms with Gasteiger partial charge in [-0.2, -0.15) is 0 Å². The van der Waals surface area contributed by atoms with Gasteiger partial charge in [0.2, 0.25) is 6.79 Å². The zero-order chi connectivity index (χ0) is 21.5. The Morgan fingerprint density at radius 3 is 2.61 bits per heavy atom. The van der Waals surface area contributed by atoms with Crippen LogP contribution in [0, 0.1) is 0 Å². The van der Waals surface area contributed by atoms with Crippen LogP contribution >= 0.6 is 11.6 Å². The average molecular weight is 438 g/mol. The number of fused-ring (bicyclic) bond motifs is 2. The predicted molar refractivity (Wildman–Crippen MR) is 113 cm³/mol. The van der Waals surface area contributed by atoms with Crippen LogP contribution in [0.15, 0.2) is 54.6 Å². The molecule has 1 aliphatic rings. The molecule has 1 unspecified atom stereocenters. The minimum Gasteiger partial charge on any atom is -0.454 e. The molecule has 0 saturated carbocycles. The number of nitrogens with one attached hydrogen (secondary N) is 1. The lowest BCUT2D eigenvalue weighted by molar-refractivity contribution is 0.173. The van der Waals surface area contributed by atoms with Crippen LogP contribution in [0.1, 0.15) is 17.2 Å². The number of hydrogen-bond acceptors (Lipinski definition) is 6. The maximum atomic E-state index is 10.9. The summed E-state index contributed by atoms with van der Waals surface area (Å²) >= 11 is 6.32. The largest absolute Gasteiger partial charge is 0.454 e. The quantitative estimate of drug-likeness (QED) is 0.441. The van der Waals surface area contributed by atoms with Crippen LogP contribution in [-0.4, -0.2) is 28.0 Å². The molecule has 4 aromatic rings. The average Bonchev–Trinajstić information content (AvgIpc) is 3.38. The Kier molecular flexibility index (Phi) is 4.65. The van der Waals surface area contributed by atoms with E-state index in [1.807, 2.05) is 12.1 Å². The molecule has 0 radical (unpaired) electrons. The zero-order valence-electron chi connectivity index (χ0n) is 16.0. The van der Waals surface area contributed by atoms with Crippen molar-refractivity contribution < 1.29 is 24.1 Å². The van der Waals surface area contributed by atoms with Gasteiger partial charge in [0.25, 0.3) is 0 Å². The van der Waals surface area contributed by atoms with Crippen LogP contribution < -0.4 is 19.9 Å². The number of aromatic nitrogens is 2. The summed E-state index contributed by atoms with van der Waals surface area (Å²) in [6.45, 7) is 0.132. The van der Waals surface area contributed by atoms with Gasteiger partial charge >= 0.3 is 6.09 Å². The molecule has 1 atom stereocenters. The molecular weight excluding hydrogens is 422 g/mol. The molecule has 4 N–H and O–H groups in total. The van der Waals surface area contributed by atoms with E-state index in [2.05, 4.69) is 9.97 Å². The van der Waals surface area contributed by atoms with Gasteiger partial charge in [-0.05, 0) is 23.8 Å². The second kappa shape index (κ2) is 7.50. The Balaban J connectivity index is 1.41. The monoisotopic (exact) mass is 437 g/mol. The predicted octanol–water partition coefficient (Wildman–Crippen LogP) is 4.15. The van der Waals surface area contributed by atoms with Crippen LogP contribution in [0.4, 0.5) is 4.79 Å². The highest BCUT2D eigenvalue weighted by atomic mass is 35.5. The number of H-pyrrole nitrogens is 1. The fraction of sp³-hybridized carbons (Fsp3) is 0.0909. The molecule has 3 aromatic carbocycles. The van der Waals surface area contributed by atoms with Crippen LogP contribution in [-0.2, 0) is 0 Å². The second-order valence-electron chi connectivity index (χ2n) is 6.94. The summed E-state index contributed by atoms with van der Waals surface area (Å²) < 4.78 is 15.6. The molecule has 2 heterocycles. The van der Waals surface area contributed by atoms with Gasteiger partial charge in [0.05, 0.1) is 16.1 Å². The summed E-state index contributed by atoms with van der Waals surface area (Å²) in [5, 5.41) is 11.2. The number of nitrogens with two attached hydrogens (primary N) is 1. The number of carbonyl (C=O) groups excluding carboxylic acids is 1. The minimum absolute atomic E-state index is 0.132. The molecule has 9 heteroatoms. The van der Waals surface area contributed by atoms with Gasteiger partial charge < -0.3 is 30.0 Å². The van der Waals surface area contributed by atoms with Crippen molar-refractivity contribution in [3.63, 3.8) is 0 Å². The summed E-state index contributed by atoms with van der Waals surface area (Å²) in [7, 11) is 0. The molecule has 0 aliphatic carbocycles. The van der Waals surface area contributed by atoms with Crippen molar-refractivity contribution >= 4 is 28.7 Å². The maximum Gasteiger partial charge on any atom is 0.409 e. The highest BCUT2D eigenvalue weighted by Gasteiger charge is 2.21. The van der Waals surface area contributed by atoms with Crippen molar-refractivity contribution in [2.24, 2.45) is 5.73 Å². The van der Waals surface area contributed by atoms with Gasteiger partial charge in [-0.25, -0.2) is 9.78 Å². The van der Waals surface area contributed by atoms with Crippen LogP contribution in [0.25, 0.3) is 22.4 Å². The highest BCUT2D eigenvalue weighted by Crippen LogP contribution is 2.40. The van der Waals surface area contributed by atoms with E-state index < -0.39 is 12.2 Å². The van der Waals surface area contributed by atoms with Crippen molar-refractivity contribution in [2.45, 2.75) is 6.10 Å². The van der Waals surface area contributed by atoms with E-state index in [0.29, 0.717) is 50.3 Å². The summed E-state index contributed by atoms with van der Waals surface area (Å²) in [6.07, 6.45) is -1.81. The number of rotatable bonds is 4.